The van der Waals surface area contributed by atoms with Crippen LogP contribution in [-0.2, 0) is 6.54 Å². The second kappa shape index (κ2) is 6.98. The first-order valence-corrected chi connectivity index (χ1v) is 8.50. The number of rotatable bonds is 1. The Bertz CT molecular complexity index is 976. The predicted octanol–water partition coefficient (Wildman–Crippen LogP) is 4.53. The summed E-state index contributed by atoms with van der Waals surface area (Å²) in [6, 6.07) is 16.5. The molecule has 0 atom stereocenters. The third-order valence-electron chi connectivity index (χ3n) is 4.02. The smallest absolute Gasteiger partial charge is 0.327 e. The first kappa shape index (κ1) is 16.3. The highest BCUT2D eigenvalue weighted by Crippen LogP contribution is 2.23. The Balaban J connectivity index is 1.72. The Morgan fingerprint density at radius 2 is 1.85 bits per heavy atom. The molecular weight excluding hydrogens is 348 g/mol. The van der Waals surface area contributed by atoms with E-state index in [1.54, 1.807) is 6.08 Å². The number of halogens is 1. The van der Waals surface area contributed by atoms with Crippen LogP contribution in [0, 0.1) is 0 Å². The maximum Gasteiger partial charge on any atom is 0.347 e. The normalized spacial score (nSPS) is 17.0. The number of urea groups is 1. The summed E-state index contributed by atoms with van der Waals surface area (Å²) >= 11 is 6.11. The van der Waals surface area contributed by atoms with Crippen molar-refractivity contribution in [2.75, 3.05) is 5.32 Å². The number of amides is 2. The number of fused-ring (bicyclic) bond motifs is 2. The molecule has 2 amide bonds. The number of hydrogen-bond acceptors (Lipinski definition) is 2. The number of amidine groups is 2. The lowest BCUT2D eigenvalue weighted by Gasteiger charge is -2.21. The molecule has 26 heavy (non-hydrogen) atoms. The molecule has 0 radical (unpaired) electrons. The van der Waals surface area contributed by atoms with Crippen LogP contribution in [0.1, 0.15) is 11.1 Å². The molecule has 2 heterocycles. The molecule has 2 aromatic carbocycles. The summed E-state index contributed by atoms with van der Waals surface area (Å²) in [5.74, 6) is 1.07. The predicted molar refractivity (Wildman–Crippen MR) is 104 cm³/mol. The average Bonchev–Trinajstić information content (AvgIpc) is 2.79. The summed E-state index contributed by atoms with van der Waals surface area (Å²) in [6.07, 6.45) is 5.41. The second-order valence-electron chi connectivity index (χ2n) is 5.83. The molecule has 2 aliphatic rings. The van der Waals surface area contributed by atoms with Crippen molar-refractivity contribution in [3.8, 4) is 0 Å². The first-order chi connectivity index (χ1) is 12.7. The minimum Gasteiger partial charge on any atom is -0.327 e. The lowest BCUT2D eigenvalue weighted by molar-refractivity contribution is 0.259. The van der Waals surface area contributed by atoms with Gasteiger partial charge in [-0.1, -0.05) is 54.1 Å². The van der Waals surface area contributed by atoms with Crippen molar-refractivity contribution in [3.05, 3.63) is 89.1 Å². The Labute approximate surface area is 156 Å². The lowest BCUT2D eigenvalue weighted by atomic mass is 10.1. The fourth-order valence-electron chi connectivity index (χ4n) is 2.82. The molecule has 0 saturated heterocycles. The number of carbonyl (C=O) groups excluding carboxylic acids is 1. The summed E-state index contributed by atoms with van der Waals surface area (Å²) < 4.78 is 0. The van der Waals surface area contributed by atoms with Gasteiger partial charge in [0.25, 0.3) is 0 Å². The molecule has 128 valence electrons. The Kier molecular flexibility index (Phi) is 4.37. The van der Waals surface area contributed by atoms with Gasteiger partial charge in [-0.2, -0.15) is 4.99 Å². The molecule has 1 N–H and O–H groups in total. The molecule has 5 nitrogen and oxygen atoms in total. The first-order valence-electron chi connectivity index (χ1n) is 8.13. The van der Waals surface area contributed by atoms with Gasteiger partial charge in [0, 0.05) is 24.0 Å². The molecule has 0 fully saturated rings. The lowest BCUT2D eigenvalue weighted by Crippen LogP contribution is -2.25. The van der Waals surface area contributed by atoms with Crippen molar-refractivity contribution < 1.29 is 4.79 Å². The van der Waals surface area contributed by atoms with E-state index in [1.165, 1.54) is 0 Å². The van der Waals surface area contributed by atoms with Gasteiger partial charge in [0.1, 0.15) is 5.84 Å². The molecule has 0 saturated carbocycles. The number of nitrogens with one attached hydrogen (secondary N) is 1. The zero-order valence-corrected chi connectivity index (χ0v) is 14.5. The van der Waals surface area contributed by atoms with Crippen LogP contribution in [0.2, 0.25) is 0 Å². The standard InChI is InChI=1S/C20H15ClN4O/c21-15-10-11-18-23-19(24-20(26)22-16-7-2-1-3-8-16)17-9-5-4-6-14(17)12-25(18)13-15/h1-11,13H,12H2,(H,22,26)/b24-19+. The van der Waals surface area contributed by atoms with Gasteiger partial charge in [-0.15, -0.1) is 0 Å². The molecule has 0 aliphatic carbocycles. The van der Waals surface area contributed by atoms with Crippen LogP contribution < -0.4 is 5.32 Å². The Hall–Kier alpha value is -3.18. The van der Waals surface area contributed by atoms with Crippen LogP contribution in [0.4, 0.5) is 10.5 Å². The summed E-state index contributed by atoms with van der Waals surface area (Å²) in [7, 11) is 0. The van der Waals surface area contributed by atoms with Gasteiger partial charge in [0.15, 0.2) is 5.84 Å². The van der Waals surface area contributed by atoms with Crippen LogP contribution in [0.5, 0.6) is 0 Å². The SMILES string of the molecule is O=C(/N=C1/N=C2C=CC(Cl)=CN2Cc2ccccc21)Nc1ccccc1. The fraction of sp³-hybridized carbons (Fsp3) is 0.0500. The van der Waals surface area contributed by atoms with Crippen molar-refractivity contribution >= 4 is 35.0 Å². The maximum absolute atomic E-state index is 12.4. The van der Waals surface area contributed by atoms with Crippen LogP contribution in [0.3, 0.4) is 0 Å². The van der Waals surface area contributed by atoms with Gasteiger partial charge < -0.3 is 10.2 Å². The highest BCUT2D eigenvalue weighted by molar-refractivity contribution is 6.32. The van der Waals surface area contributed by atoms with E-state index in [4.69, 9.17) is 11.6 Å². The van der Waals surface area contributed by atoms with E-state index in [1.807, 2.05) is 71.8 Å². The number of carbonyl (C=O) groups is 1. The highest BCUT2D eigenvalue weighted by Gasteiger charge is 2.21. The molecule has 4 rings (SSSR count). The molecule has 2 aliphatic heterocycles. The number of aliphatic imine (C=N–C) groups is 2. The number of para-hydroxylation sites is 1. The quantitative estimate of drug-likeness (QED) is 0.810. The molecule has 0 unspecified atom stereocenters. The number of hydrogen-bond donors (Lipinski definition) is 1. The van der Waals surface area contributed by atoms with E-state index in [0.717, 1.165) is 11.1 Å². The van der Waals surface area contributed by atoms with Crippen LogP contribution >= 0.6 is 11.6 Å². The van der Waals surface area contributed by atoms with Gasteiger partial charge in [0.05, 0.1) is 5.03 Å². The summed E-state index contributed by atoms with van der Waals surface area (Å²) in [4.78, 5) is 23.1. The molecule has 0 bridgehead atoms. The average molecular weight is 363 g/mol. The second-order valence-corrected chi connectivity index (χ2v) is 6.27. The molecule has 6 heteroatoms. The van der Waals surface area contributed by atoms with Crippen LogP contribution in [0.25, 0.3) is 0 Å². The van der Waals surface area contributed by atoms with Gasteiger partial charge >= 0.3 is 6.03 Å². The number of allylic oxidation sites excluding steroid dienone is 2. The van der Waals surface area contributed by atoms with Gasteiger partial charge in [0.2, 0.25) is 0 Å². The number of anilines is 1. The van der Waals surface area contributed by atoms with Crippen molar-refractivity contribution in [1.82, 2.24) is 4.90 Å². The van der Waals surface area contributed by atoms with E-state index in [0.29, 0.717) is 28.9 Å². The van der Waals surface area contributed by atoms with Gasteiger partial charge in [-0.25, -0.2) is 9.79 Å². The largest absolute Gasteiger partial charge is 0.347 e. The topological polar surface area (TPSA) is 57.1 Å². The van der Waals surface area contributed by atoms with Gasteiger partial charge in [-0.05, 0) is 29.8 Å². The highest BCUT2D eigenvalue weighted by atomic mass is 35.5. The maximum atomic E-state index is 12.4. The minimum absolute atomic E-state index is 0.377. The third-order valence-corrected chi connectivity index (χ3v) is 4.24. The van der Waals surface area contributed by atoms with E-state index >= 15 is 0 Å². The Morgan fingerprint density at radius 3 is 2.69 bits per heavy atom. The third kappa shape index (κ3) is 3.43. The number of nitrogens with zero attached hydrogens (tertiary/aromatic N) is 3. The zero-order chi connectivity index (χ0) is 17.9. The fourth-order valence-corrected chi connectivity index (χ4v) is 3.00. The van der Waals surface area contributed by atoms with E-state index in [9.17, 15) is 4.79 Å². The van der Waals surface area contributed by atoms with Crippen molar-refractivity contribution in [2.45, 2.75) is 6.54 Å². The van der Waals surface area contributed by atoms with Gasteiger partial charge in [-0.3, -0.25) is 0 Å². The number of benzene rings is 2. The van der Waals surface area contributed by atoms with E-state index in [2.05, 4.69) is 15.3 Å². The molecule has 2 aromatic rings. The zero-order valence-electron chi connectivity index (χ0n) is 13.8. The summed E-state index contributed by atoms with van der Waals surface area (Å²) in [5.41, 5.74) is 2.54. The Morgan fingerprint density at radius 1 is 1.08 bits per heavy atom. The summed E-state index contributed by atoms with van der Waals surface area (Å²) in [6.45, 7) is 0.606. The summed E-state index contributed by atoms with van der Waals surface area (Å²) in [5, 5.41) is 3.39. The van der Waals surface area contributed by atoms with Crippen LogP contribution in [0.15, 0.2) is 88.0 Å². The van der Waals surface area contributed by atoms with E-state index < -0.39 is 6.03 Å². The molecule has 0 aromatic heterocycles. The van der Waals surface area contributed by atoms with Crippen LogP contribution in [-0.4, -0.2) is 22.6 Å². The monoisotopic (exact) mass is 362 g/mol. The van der Waals surface area contributed by atoms with Crippen molar-refractivity contribution in [3.63, 3.8) is 0 Å². The van der Waals surface area contributed by atoms with Crippen molar-refractivity contribution in [1.29, 1.82) is 0 Å². The van der Waals surface area contributed by atoms with Crippen molar-refractivity contribution in [2.24, 2.45) is 9.98 Å². The van der Waals surface area contributed by atoms with E-state index in [-0.39, 0.29) is 0 Å². The molecule has 0 spiro atoms. The molecular formula is C20H15ClN4O. The minimum atomic E-state index is -0.466.